The summed E-state index contributed by atoms with van der Waals surface area (Å²) in [6, 6.07) is 7.09. The van der Waals surface area contributed by atoms with Gasteiger partial charge in [-0.3, -0.25) is 0 Å². The predicted octanol–water partition coefficient (Wildman–Crippen LogP) is 2.60. The van der Waals surface area contributed by atoms with Crippen molar-refractivity contribution in [2.75, 3.05) is 30.9 Å². The number of anilines is 2. The zero-order chi connectivity index (χ0) is 11.0. The summed E-state index contributed by atoms with van der Waals surface area (Å²) in [5.74, 6) is 0. The van der Waals surface area contributed by atoms with Crippen LogP contribution in [0.25, 0.3) is 6.08 Å². The standard InChI is InChI=1S/C13H18N2/c1-10-5-6-11-9-12(14(2)3)7-8-13(11)15(10)4/h5-10H,1-4H3. The monoisotopic (exact) mass is 202 g/mol. The Kier molecular flexibility index (Phi) is 2.43. The summed E-state index contributed by atoms with van der Waals surface area (Å²) in [7, 11) is 6.28. The van der Waals surface area contributed by atoms with Gasteiger partial charge in [-0.1, -0.05) is 12.2 Å². The molecule has 1 heterocycles. The van der Waals surface area contributed by atoms with Crippen LogP contribution in [0.5, 0.6) is 0 Å². The third kappa shape index (κ3) is 1.72. The molecule has 2 heteroatoms. The van der Waals surface area contributed by atoms with Crippen LogP contribution in [0.4, 0.5) is 11.4 Å². The van der Waals surface area contributed by atoms with Gasteiger partial charge in [0.15, 0.2) is 0 Å². The molecule has 1 aliphatic rings. The average Bonchev–Trinajstić information content (AvgIpc) is 2.23. The zero-order valence-electron chi connectivity index (χ0n) is 9.86. The van der Waals surface area contributed by atoms with Crippen LogP contribution in [0.3, 0.4) is 0 Å². The van der Waals surface area contributed by atoms with Crippen LogP contribution in [0, 0.1) is 0 Å². The van der Waals surface area contributed by atoms with E-state index in [0.717, 1.165) is 0 Å². The van der Waals surface area contributed by atoms with Crippen LogP contribution < -0.4 is 9.80 Å². The van der Waals surface area contributed by atoms with Gasteiger partial charge in [-0.15, -0.1) is 0 Å². The van der Waals surface area contributed by atoms with Crippen LogP contribution in [-0.2, 0) is 0 Å². The fourth-order valence-corrected chi connectivity index (χ4v) is 1.87. The molecular weight excluding hydrogens is 184 g/mol. The Hall–Kier alpha value is -1.44. The zero-order valence-corrected chi connectivity index (χ0v) is 9.86. The summed E-state index contributed by atoms with van der Waals surface area (Å²) in [5, 5.41) is 0. The highest BCUT2D eigenvalue weighted by Gasteiger charge is 2.15. The highest BCUT2D eigenvalue weighted by molar-refractivity contribution is 5.75. The van der Waals surface area contributed by atoms with Gasteiger partial charge in [-0.25, -0.2) is 0 Å². The second-order valence-corrected chi connectivity index (χ2v) is 4.35. The Morgan fingerprint density at radius 3 is 2.67 bits per heavy atom. The molecule has 0 aliphatic carbocycles. The first kappa shape index (κ1) is 10.1. The highest BCUT2D eigenvalue weighted by Crippen LogP contribution is 2.30. The number of hydrogen-bond acceptors (Lipinski definition) is 2. The largest absolute Gasteiger partial charge is 0.378 e. The molecule has 15 heavy (non-hydrogen) atoms. The van der Waals surface area contributed by atoms with E-state index in [9.17, 15) is 0 Å². The van der Waals surface area contributed by atoms with E-state index in [1.54, 1.807) is 0 Å². The minimum absolute atomic E-state index is 0.489. The third-order valence-corrected chi connectivity index (χ3v) is 3.07. The summed E-state index contributed by atoms with van der Waals surface area (Å²) in [6.07, 6.45) is 4.45. The van der Waals surface area contributed by atoms with Crippen LogP contribution >= 0.6 is 0 Å². The van der Waals surface area contributed by atoms with Crippen LogP contribution in [0.1, 0.15) is 12.5 Å². The number of benzene rings is 1. The summed E-state index contributed by atoms with van der Waals surface area (Å²) < 4.78 is 0. The number of rotatable bonds is 1. The van der Waals surface area contributed by atoms with Crippen molar-refractivity contribution in [3.05, 3.63) is 29.8 Å². The Labute approximate surface area is 91.8 Å². The van der Waals surface area contributed by atoms with Crippen LogP contribution in [0.15, 0.2) is 24.3 Å². The summed E-state index contributed by atoms with van der Waals surface area (Å²) in [5.41, 5.74) is 3.87. The molecule has 0 amide bonds. The summed E-state index contributed by atoms with van der Waals surface area (Å²) in [4.78, 5) is 4.43. The van der Waals surface area contributed by atoms with E-state index in [2.05, 4.69) is 68.2 Å². The van der Waals surface area contributed by atoms with Crippen molar-refractivity contribution in [2.24, 2.45) is 0 Å². The van der Waals surface area contributed by atoms with Crippen molar-refractivity contribution in [3.63, 3.8) is 0 Å². The highest BCUT2D eigenvalue weighted by atomic mass is 15.1. The minimum Gasteiger partial charge on any atom is -0.378 e. The Balaban J connectivity index is 2.45. The summed E-state index contributed by atoms with van der Waals surface area (Å²) >= 11 is 0. The van der Waals surface area contributed by atoms with Crippen molar-refractivity contribution in [1.29, 1.82) is 0 Å². The van der Waals surface area contributed by atoms with E-state index in [1.165, 1.54) is 16.9 Å². The lowest BCUT2D eigenvalue weighted by Gasteiger charge is -2.30. The maximum absolute atomic E-state index is 2.30. The molecule has 0 fully saturated rings. The van der Waals surface area contributed by atoms with Crippen molar-refractivity contribution >= 4 is 17.5 Å². The molecule has 0 aromatic heterocycles. The van der Waals surface area contributed by atoms with Crippen molar-refractivity contribution in [3.8, 4) is 0 Å². The lowest BCUT2D eigenvalue weighted by Crippen LogP contribution is -2.29. The van der Waals surface area contributed by atoms with Gasteiger partial charge in [0, 0.05) is 38.6 Å². The number of nitrogens with zero attached hydrogens (tertiary/aromatic N) is 2. The van der Waals surface area contributed by atoms with E-state index in [-0.39, 0.29) is 0 Å². The van der Waals surface area contributed by atoms with Gasteiger partial charge in [-0.2, -0.15) is 0 Å². The normalized spacial score (nSPS) is 18.9. The molecule has 0 bridgehead atoms. The van der Waals surface area contributed by atoms with Crippen molar-refractivity contribution in [1.82, 2.24) is 0 Å². The predicted molar refractivity (Wildman–Crippen MR) is 67.7 cm³/mol. The molecule has 0 spiro atoms. The molecule has 1 aromatic rings. The lowest BCUT2D eigenvalue weighted by molar-refractivity contribution is 0.817. The fraction of sp³-hybridized carbons (Fsp3) is 0.385. The van der Waals surface area contributed by atoms with Crippen LogP contribution in [-0.4, -0.2) is 27.2 Å². The maximum Gasteiger partial charge on any atom is 0.0445 e. The van der Waals surface area contributed by atoms with Gasteiger partial charge in [0.05, 0.1) is 0 Å². The number of hydrogen-bond donors (Lipinski definition) is 0. The summed E-state index contributed by atoms with van der Waals surface area (Å²) in [6.45, 7) is 2.21. The van der Waals surface area contributed by atoms with Gasteiger partial charge in [0.1, 0.15) is 0 Å². The molecule has 0 N–H and O–H groups in total. The molecule has 2 rings (SSSR count). The fourth-order valence-electron chi connectivity index (χ4n) is 1.87. The van der Waals surface area contributed by atoms with Gasteiger partial charge in [-0.05, 0) is 30.7 Å². The Morgan fingerprint density at radius 2 is 2.00 bits per heavy atom. The second-order valence-electron chi connectivity index (χ2n) is 4.35. The number of fused-ring (bicyclic) bond motifs is 1. The molecular formula is C13H18N2. The molecule has 1 aromatic carbocycles. The molecule has 80 valence electrons. The van der Waals surface area contributed by atoms with Gasteiger partial charge in [0.25, 0.3) is 0 Å². The molecule has 0 saturated carbocycles. The Bertz CT molecular complexity index is 394. The Morgan fingerprint density at radius 1 is 1.27 bits per heavy atom. The second kappa shape index (κ2) is 3.61. The molecule has 1 atom stereocenters. The maximum atomic E-state index is 2.30. The van der Waals surface area contributed by atoms with E-state index in [0.29, 0.717) is 6.04 Å². The van der Waals surface area contributed by atoms with E-state index >= 15 is 0 Å². The molecule has 1 aliphatic heterocycles. The molecule has 0 radical (unpaired) electrons. The topological polar surface area (TPSA) is 6.48 Å². The smallest absolute Gasteiger partial charge is 0.0445 e. The van der Waals surface area contributed by atoms with Crippen LogP contribution in [0.2, 0.25) is 0 Å². The molecule has 1 unspecified atom stereocenters. The quantitative estimate of drug-likeness (QED) is 0.690. The number of likely N-dealkylation sites (N-methyl/N-ethyl adjacent to an activating group) is 1. The van der Waals surface area contributed by atoms with Gasteiger partial charge in [0.2, 0.25) is 0 Å². The first-order valence-electron chi connectivity index (χ1n) is 5.32. The third-order valence-electron chi connectivity index (χ3n) is 3.07. The molecule has 2 nitrogen and oxygen atoms in total. The lowest BCUT2D eigenvalue weighted by atomic mass is 10.0. The first-order chi connectivity index (χ1) is 7.09. The first-order valence-corrected chi connectivity index (χ1v) is 5.32. The minimum atomic E-state index is 0.489. The average molecular weight is 202 g/mol. The van der Waals surface area contributed by atoms with Crippen molar-refractivity contribution in [2.45, 2.75) is 13.0 Å². The van der Waals surface area contributed by atoms with Gasteiger partial charge >= 0.3 is 0 Å². The van der Waals surface area contributed by atoms with Gasteiger partial charge < -0.3 is 9.80 Å². The van der Waals surface area contributed by atoms with E-state index < -0.39 is 0 Å². The van der Waals surface area contributed by atoms with Crippen molar-refractivity contribution < 1.29 is 0 Å². The van der Waals surface area contributed by atoms with E-state index in [4.69, 9.17) is 0 Å². The SMILES string of the molecule is CC1C=Cc2cc(N(C)C)ccc2N1C. The van der Waals surface area contributed by atoms with E-state index in [1.807, 2.05) is 0 Å². The molecule has 0 saturated heterocycles.